The number of hydrogen-bond acceptors (Lipinski definition) is 2. The van der Waals surface area contributed by atoms with Crippen LogP contribution in [0.5, 0.6) is 0 Å². The standard InChI is InChI=1S/C13H20BrN3O.ClH/c1-16-9-10(14)8-12(16)13(18)17-7-3-2-4-11(17)5-6-15;/h8-9,11H,2-7,15H2,1H3;1H. The molecule has 1 unspecified atom stereocenters. The first-order chi connectivity index (χ1) is 8.63. The molecule has 0 aliphatic carbocycles. The van der Waals surface area contributed by atoms with Crippen molar-refractivity contribution in [3.8, 4) is 0 Å². The van der Waals surface area contributed by atoms with Gasteiger partial charge >= 0.3 is 0 Å². The van der Waals surface area contributed by atoms with Gasteiger partial charge in [0.15, 0.2) is 0 Å². The van der Waals surface area contributed by atoms with Gasteiger partial charge in [-0.1, -0.05) is 0 Å². The summed E-state index contributed by atoms with van der Waals surface area (Å²) in [4.78, 5) is 14.6. The Labute approximate surface area is 128 Å². The molecule has 19 heavy (non-hydrogen) atoms. The molecule has 0 bridgehead atoms. The molecule has 4 nitrogen and oxygen atoms in total. The van der Waals surface area contributed by atoms with Crippen molar-refractivity contribution in [2.45, 2.75) is 31.7 Å². The van der Waals surface area contributed by atoms with E-state index in [1.54, 1.807) is 0 Å². The molecule has 108 valence electrons. The fourth-order valence-corrected chi connectivity index (χ4v) is 3.17. The molecule has 1 amide bonds. The number of nitrogens with zero attached hydrogens (tertiary/aromatic N) is 2. The summed E-state index contributed by atoms with van der Waals surface area (Å²) in [5.41, 5.74) is 6.39. The van der Waals surface area contributed by atoms with Crippen LogP contribution in [0.4, 0.5) is 0 Å². The number of amides is 1. The van der Waals surface area contributed by atoms with Crippen molar-refractivity contribution in [1.82, 2.24) is 9.47 Å². The van der Waals surface area contributed by atoms with Crippen molar-refractivity contribution >= 4 is 34.2 Å². The van der Waals surface area contributed by atoms with E-state index in [-0.39, 0.29) is 18.3 Å². The number of hydrogen-bond donors (Lipinski definition) is 1. The summed E-state index contributed by atoms with van der Waals surface area (Å²) in [5, 5.41) is 0. The smallest absolute Gasteiger partial charge is 0.270 e. The van der Waals surface area contributed by atoms with Gasteiger partial charge in [-0.15, -0.1) is 12.4 Å². The number of aryl methyl sites for hydroxylation is 1. The van der Waals surface area contributed by atoms with Crippen LogP contribution >= 0.6 is 28.3 Å². The largest absolute Gasteiger partial charge is 0.345 e. The summed E-state index contributed by atoms with van der Waals surface area (Å²) in [7, 11) is 1.90. The van der Waals surface area contributed by atoms with Crippen molar-refractivity contribution in [3.63, 3.8) is 0 Å². The minimum absolute atomic E-state index is 0. The molecule has 0 spiro atoms. The zero-order chi connectivity index (χ0) is 13.1. The second kappa shape index (κ2) is 7.31. The molecular formula is C13H21BrClN3O. The Morgan fingerprint density at radius 1 is 1.53 bits per heavy atom. The first-order valence-corrected chi connectivity index (χ1v) is 7.25. The van der Waals surface area contributed by atoms with Crippen molar-refractivity contribution < 1.29 is 4.79 Å². The lowest BCUT2D eigenvalue weighted by Crippen LogP contribution is -2.45. The normalized spacial score (nSPS) is 19.1. The maximum Gasteiger partial charge on any atom is 0.270 e. The van der Waals surface area contributed by atoms with E-state index in [4.69, 9.17) is 5.73 Å². The third kappa shape index (κ3) is 3.74. The average molecular weight is 351 g/mol. The highest BCUT2D eigenvalue weighted by Gasteiger charge is 2.28. The monoisotopic (exact) mass is 349 g/mol. The fraction of sp³-hybridized carbons (Fsp3) is 0.615. The molecule has 1 atom stereocenters. The average Bonchev–Trinajstić information content (AvgIpc) is 2.69. The molecule has 1 fully saturated rings. The predicted octanol–water partition coefficient (Wildman–Crippen LogP) is 2.55. The van der Waals surface area contributed by atoms with Crippen LogP contribution < -0.4 is 5.73 Å². The second-order valence-electron chi connectivity index (χ2n) is 4.88. The van der Waals surface area contributed by atoms with Crippen molar-refractivity contribution in [2.75, 3.05) is 13.1 Å². The second-order valence-corrected chi connectivity index (χ2v) is 5.80. The van der Waals surface area contributed by atoms with Gasteiger partial charge in [-0.25, -0.2) is 0 Å². The first kappa shape index (κ1) is 16.5. The minimum Gasteiger partial charge on any atom is -0.345 e. The highest BCUT2D eigenvalue weighted by molar-refractivity contribution is 9.10. The molecule has 1 aliphatic rings. The van der Waals surface area contributed by atoms with Gasteiger partial charge in [-0.2, -0.15) is 0 Å². The summed E-state index contributed by atoms with van der Waals surface area (Å²) in [6, 6.07) is 2.20. The molecule has 1 aromatic rings. The number of likely N-dealkylation sites (tertiary alicyclic amines) is 1. The Morgan fingerprint density at radius 2 is 2.26 bits per heavy atom. The maximum atomic E-state index is 12.6. The number of aromatic nitrogens is 1. The summed E-state index contributed by atoms with van der Waals surface area (Å²) in [5.74, 6) is 0.126. The van der Waals surface area contributed by atoms with Gasteiger partial charge < -0.3 is 15.2 Å². The van der Waals surface area contributed by atoms with Crippen LogP contribution in [0.1, 0.15) is 36.2 Å². The van der Waals surface area contributed by atoms with Gasteiger partial charge in [0, 0.05) is 30.3 Å². The van der Waals surface area contributed by atoms with Crippen LogP contribution in [0.2, 0.25) is 0 Å². The zero-order valence-electron chi connectivity index (χ0n) is 11.1. The molecule has 0 saturated carbocycles. The van der Waals surface area contributed by atoms with E-state index < -0.39 is 0 Å². The van der Waals surface area contributed by atoms with Gasteiger partial charge in [0.25, 0.3) is 5.91 Å². The number of nitrogens with two attached hydrogens (primary N) is 1. The Kier molecular flexibility index (Phi) is 6.36. The van der Waals surface area contributed by atoms with E-state index in [0.29, 0.717) is 12.6 Å². The summed E-state index contributed by atoms with van der Waals surface area (Å²) in [6.45, 7) is 1.50. The number of halogens is 2. The molecule has 1 aliphatic heterocycles. The summed E-state index contributed by atoms with van der Waals surface area (Å²) in [6.07, 6.45) is 6.19. The molecule has 1 saturated heterocycles. The molecule has 6 heteroatoms. The number of rotatable bonds is 3. The summed E-state index contributed by atoms with van der Waals surface area (Å²) >= 11 is 3.41. The molecule has 0 radical (unpaired) electrons. The fourth-order valence-electron chi connectivity index (χ4n) is 2.64. The maximum absolute atomic E-state index is 12.6. The van der Waals surface area contributed by atoms with Crippen LogP contribution in [-0.2, 0) is 7.05 Å². The SMILES string of the molecule is Cl.Cn1cc(Br)cc1C(=O)N1CCCCC1CCN. The van der Waals surface area contributed by atoms with Gasteiger partial charge in [0.05, 0.1) is 0 Å². The third-order valence-corrected chi connectivity index (χ3v) is 4.01. The molecule has 0 aromatic carbocycles. The lowest BCUT2D eigenvalue weighted by molar-refractivity contribution is 0.0595. The quantitative estimate of drug-likeness (QED) is 0.911. The lowest BCUT2D eigenvalue weighted by Gasteiger charge is -2.35. The molecular weight excluding hydrogens is 330 g/mol. The van der Waals surface area contributed by atoms with E-state index in [2.05, 4.69) is 15.9 Å². The van der Waals surface area contributed by atoms with Crippen LogP contribution in [-0.4, -0.2) is 34.5 Å². The van der Waals surface area contributed by atoms with E-state index >= 15 is 0 Å². The van der Waals surface area contributed by atoms with Gasteiger partial charge in [-0.3, -0.25) is 4.79 Å². The molecule has 2 N–H and O–H groups in total. The first-order valence-electron chi connectivity index (χ1n) is 6.46. The highest BCUT2D eigenvalue weighted by Crippen LogP contribution is 2.23. The highest BCUT2D eigenvalue weighted by atomic mass is 79.9. The van der Waals surface area contributed by atoms with Crippen molar-refractivity contribution in [3.05, 3.63) is 22.4 Å². The predicted molar refractivity (Wildman–Crippen MR) is 82.7 cm³/mol. The van der Waals surface area contributed by atoms with E-state index in [9.17, 15) is 4.79 Å². The van der Waals surface area contributed by atoms with Crippen LogP contribution in [0.25, 0.3) is 0 Å². The van der Waals surface area contributed by atoms with Crippen molar-refractivity contribution in [1.29, 1.82) is 0 Å². The Morgan fingerprint density at radius 3 is 2.84 bits per heavy atom. The van der Waals surface area contributed by atoms with Crippen molar-refractivity contribution in [2.24, 2.45) is 12.8 Å². The molecule has 1 aromatic heterocycles. The van der Waals surface area contributed by atoms with Crippen LogP contribution in [0, 0.1) is 0 Å². The van der Waals surface area contributed by atoms with Crippen LogP contribution in [0.15, 0.2) is 16.7 Å². The third-order valence-electron chi connectivity index (χ3n) is 3.58. The summed E-state index contributed by atoms with van der Waals surface area (Å²) < 4.78 is 2.82. The topological polar surface area (TPSA) is 51.3 Å². The van der Waals surface area contributed by atoms with Gasteiger partial charge in [0.1, 0.15) is 5.69 Å². The number of carbonyl (C=O) groups is 1. The van der Waals surface area contributed by atoms with E-state index in [0.717, 1.165) is 36.0 Å². The minimum atomic E-state index is 0. The van der Waals surface area contributed by atoms with E-state index in [1.807, 2.05) is 28.8 Å². The van der Waals surface area contributed by atoms with Crippen LogP contribution in [0.3, 0.4) is 0 Å². The molecule has 2 rings (SSSR count). The Hall–Kier alpha value is -0.520. The van der Waals surface area contributed by atoms with Gasteiger partial charge in [0.2, 0.25) is 0 Å². The Bertz CT molecular complexity index is 434. The number of piperidine rings is 1. The zero-order valence-corrected chi connectivity index (χ0v) is 13.5. The lowest BCUT2D eigenvalue weighted by atomic mass is 9.99. The molecule has 2 heterocycles. The Balaban J connectivity index is 0.00000180. The number of carbonyl (C=O) groups excluding carboxylic acids is 1. The van der Waals surface area contributed by atoms with E-state index in [1.165, 1.54) is 6.42 Å². The van der Waals surface area contributed by atoms with Gasteiger partial charge in [-0.05, 0) is 54.2 Å².